The first-order chi connectivity index (χ1) is 15.2. The zero-order chi connectivity index (χ0) is 23.3. The van der Waals surface area contributed by atoms with Gasteiger partial charge in [0, 0.05) is 11.8 Å². The van der Waals surface area contributed by atoms with E-state index in [4.69, 9.17) is 0 Å². The fraction of sp³-hybridized carbons (Fsp3) is 0.0476. The molecule has 166 valence electrons. The Balaban J connectivity index is 1.68. The zero-order valence-electron chi connectivity index (χ0n) is 16.2. The van der Waals surface area contributed by atoms with Gasteiger partial charge in [0.15, 0.2) is 11.6 Å². The number of anilines is 2. The van der Waals surface area contributed by atoms with Gasteiger partial charge in [-0.1, -0.05) is 12.1 Å². The predicted octanol–water partition coefficient (Wildman–Crippen LogP) is 3.27. The fourth-order valence-electron chi connectivity index (χ4n) is 2.62. The minimum absolute atomic E-state index is 0.00407. The molecular weight excluding hydrogens is 447 g/mol. The number of hydrogen-bond donors (Lipinski definition) is 3. The van der Waals surface area contributed by atoms with Gasteiger partial charge in [0.05, 0.1) is 22.7 Å². The fourth-order valence-corrected chi connectivity index (χ4v) is 3.70. The van der Waals surface area contributed by atoms with Gasteiger partial charge in [-0.2, -0.15) is 0 Å². The summed E-state index contributed by atoms with van der Waals surface area (Å²) in [6.45, 7) is -0.517. The maximum Gasteiger partial charge on any atom is 0.261 e. The number of para-hydroxylation sites is 1. The van der Waals surface area contributed by atoms with Crippen LogP contribution in [-0.2, 0) is 14.8 Å². The molecule has 0 spiro atoms. The average molecular weight is 463 g/mol. The van der Waals surface area contributed by atoms with Gasteiger partial charge < -0.3 is 10.6 Å². The van der Waals surface area contributed by atoms with Gasteiger partial charge in [-0.25, -0.2) is 21.6 Å². The van der Waals surface area contributed by atoms with Crippen LogP contribution in [0, 0.1) is 17.5 Å². The van der Waals surface area contributed by atoms with Crippen molar-refractivity contribution in [1.82, 2.24) is 5.32 Å². The maximum absolute atomic E-state index is 13.2. The van der Waals surface area contributed by atoms with Gasteiger partial charge in [0.1, 0.15) is 5.82 Å². The second-order valence-corrected chi connectivity index (χ2v) is 8.15. The molecule has 7 nitrogen and oxygen atoms in total. The molecule has 3 aromatic carbocycles. The second-order valence-electron chi connectivity index (χ2n) is 6.46. The van der Waals surface area contributed by atoms with Crippen LogP contribution in [0.3, 0.4) is 0 Å². The molecule has 11 heteroatoms. The van der Waals surface area contributed by atoms with Crippen molar-refractivity contribution < 1.29 is 31.2 Å². The predicted molar refractivity (Wildman–Crippen MR) is 111 cm³/mol. The standard InChI is InChI=1S/C21H16F3N3O4S/c22-13-5-8-15(9-6-13)32(30,31)27-19-4-2-1-3-16(19)21(29)25-12-20(28)26-14-7-10-17(23)18(24)11-14/h1-11,27H,12H2,(H,25,29)(H,26,28). The summed E-state index contributed by atoms with van der Waals surface area (Å²) in [7, 11) is -4.11. The number of rotatable bonds is 7. The lowest BCUT2D eigenvalue weighted by atomic mass is 10.1. The molecule has 32 heavy (non-hydrogen) atoms. The Morgan fingerprint density at radius 1 is 0.844 bits per heavy atom. The summed E-state index contributed by atoms with van der Waals surface area (Å²) in [5.74, 6) is -4.30. The lowest BCUT2D eigenvalue weighted by Gasteiger charge is -2.13. The highest BCUT2D eigenvalue weighted by atomic mass is 32.2. The second kappa shape index (κ2) is 9.52. The van der Waals surface area contributed by atoms with Crippen molar-refractivity contribution >= 4 is 33.2 Å². The smallest absolute Gasteiger partial charge is 0.261 e. The van der Waals surface area contributed by atoms with E-state index in [1.807, 2.05) is 0 Å². The third-order valence-corrected chi connectivity index (χ3v) is 5.53. The summed E-state index contributed by atoms with van der Waals surface area (Å²) in [6, 6.07) is 12.6. The average Bonchev–Trinajstić information content (AvgIpc) is 2.75. The first-order valence-corrected chi connectivity index (χ1v) is 10.5. The van der Waals surface area contributed by atoms with Crippen LogP contribution in [0.1, 0.15) is 10.4 Å². The van der Waals surface area contributed by atoms with Crippen LogP contribution in [0.4, 0.5) is 24.5 Å². The van der Waals surface area contributed by atoms with Crippen molar-refractivity contribution in [3.05, 3.63) is 89.7 Å². The van der Waals surface area contributed by atoms with Gasteiger partial charge in [-0.15, -0.1) is 0 Å². The molecule has 0 fully saturated rings. The van der Waals surface area contributed by atoms with Crippen molar-refractivity contribution in [2.24, 2.45) is 0 Å². The van der Waals surface area contributed by atoms with Crippen LogP contribution in [0.15, 0.2) is 71.6 Å². The normalized spacial score (nSPS) is 11.0. The zero-order valence-corrected chi connectivity index (χ0v) is 17.0. The molecule has 0 saturated carbocycles. The van der Waals surface area contributed by atoms with Gasteiger partial charge in [-0.3, -0.25) is 14.3 Å². The van der Waals surface area contributed by atoms with Crippen LogP contribution in [0.2, 0.25) is 0 Å². The van der Waals surface area contributed by atoms with Gasteiger partial charge >= 0.3 is 0 Å². The summed E-state index contributed by atoms with van der Waals surface area (Å²) in [5.41, 5.74) is -0.134. The summed E-state index contributed by atoms with van der Waals surface area (Å²) in [5, 5.41) is 4.61. The molecular formula is C21H16F3N3O4S. The molecule has 3 N–H and O–H groups in total. The number of halogens is 3. The third-order valence-electron chi connectivity index (χ3n) is 4.15. The first kappa shape index (κ1) is 22.8. The van der Waals surface area contributed by atoms with Gasteiger partial charge in [0.25, 0.3) is 15.9 Å². The van der Waals surface area contributed by atoms with Crippen molar-refractivity contribution in [3.63, 3.8) is 0 Å². The molecule has 0 heterocycles. The molecule has 0 aromatic heterocycles. The van der Waals surface area contributed by atoms with E-state index in [1.54, 1.807) is 0 Å². The Kier molecular flexibility index (Phi) is 6.79. The maximum atomic E-state index is 13.2. The van der Waals surface area contributed by atoms with E-state index in [9.17, 15) is 31.2 Å². The Hall–Kier alpha value is -3.86. The van der Waals surface area contributed by atoms with E-state index in [-0.39, 0.29) is 21.8 Å². The van der Waals surface area contributed by atoms with Crippen LogP contribution in [0.25, 0.3) is 0 Å². The highest BCUT2D eigenvalue weighted by Crippen LogP contribution is 2.20. The molecule has 0 unspecified atom stereocenters. The topological polar surface area (TPSA) is 104 Å². The Morgan fingerprint density at radius 3 is 2.22 bits per heavy atom. The summed E-state index contributed by atoms with van der Waals surface area (Å²) >= 11 is 0. The van der Waals surface area contributed by atoms with E-state index in [0.29, 0.717) is 0 Å². The molecule has 3 aromatic rings. The Bertz CT molecular complexity index is 1270. The van der Waals surface area contributed by atoms with E-state index in [0.717, 1.165) is 42.5 Å². The molecule has 0 radical (unpaired) electrons. The number of amides is 2. The lowest BCUT2D eigenvalue weighted by Crippen LogP contribution is -2.33. The quantitative estimate of drug-likeness (QED) is 0.500. The summed E-state index contributed by atoms with van der Waals surface area (Å²) in [6.07, 6.45) is 0. The minimum atomic E-state index is -4.11. The molecule has 0 aliphatic rings. The van der Waals surface area contributed by atoms with E-state index in [2.05, 4.69) is 15.4 Å². The number of nitrogens with one attached hydrogen (secondary N) is 3. The Labute approximate surface area is 181 Å². The van der Waals surface area contributed by atoms with Crippen molar-refractivity contribution in [3.8, 4) is 0 Å². The first-order valence-electron chi connectivity index (χ1n) is 9.06. The molecule has 3 rings (SSSR count). The lowest BCUT2D eigenvalue weighted by molar-refractivity contribution is -0.115. The SMILES string of the molecule is O=C(CNC(=O)c1ccccc1NS(=O)(=O)c1ccc(F)cc1)Nc1ccc(F)c(F)c1. The molecule has 0 saturated heterocycles. The van der Waals surface area contributed by atoms with Gasteiger partial charge in [0.2, 0.25) is 5.91 Å². The van der Waals surface area contributed by atoms with Crippen LogP contribution in [-0.4, -0.2) is 26.8 Å². The van der Waals surface area contributed by atoms with Crippen LogP contribution >= 0.6 is 0 Å². The van der Waals surface area contributed by atoms with E-state index in [1.165, 1.54) is 24.3 Å². The van der Waals surface area contributed by atoms with Crippen molar-refractivity contribution in [1.29, 1.82) is 0 Å². The number of carbonyl (C=O) groups excluding carboxylic acids is 2. The van der Waals surface area contributed by atoms with Crippen LogP contribution in [0.5, 0.6) is 0 Å². The number of carbonyl (C=O) groups is 2. The number of benzene rings is 3. The monoisotopic (exact) mass is 463 g/mol. The highest BCUT2D eigenvalue weighted by Gasteiger charge is 2.19. The van der Waals surface area contributed by atoms with E-state index < -0.39 is 45.8 Å². The molecule has 0 aliphatic carbocycles. The molecule has 0 bridgehead atoms. The number of sulfonamides is 1. The highest BCUT2D eigenvalue weighted by molar-refractivity contribution is 7.92. The largest absolute Gasteiger partial charge is 0.343 e. The van der Waals surface area contributed by atoms with Crippen LogP contribution < -0.4 is 15.4 Å². The number of hydrogen-bond acceptors (Lipinski definition) is 4. The summed E-state index contributed by atoms with van der Waals surface area (Å²) < 4.78 is 66.5. The molecule has 2 amide bonds. The third kappa shape index (κ3) is 5.64. The molecule has 0 atom stereocenters. The molecule has 0 aliphatic heterocycles. The minimum Gasteiger partial charge on any atom is -0.343 e. The van der Waals surface area contributed by atoms with Crippen molar-refractivity contribution in [2.75, 3.05) is 16.6 Å². The summed E-state index contributed by atoms with van der Waals surface area (Å²) in [4.78, 5) is 24.3. The van der Waals surface area contributed by atoms with Gasteiger partial charge in [-0.05, 0) is 48.5 Å². The van der Waals surface area contributed by atoms with E-state index >= 15 is 0 Å². The Morgan fingerprint density at radius 2 is 1.53 bits per heavy atom. The van der Waals surface area contributed by atoms with Crippen molar-refractivity contribution in [2.45, 2.75) is 4.90 Å².